The van der Waals surface area contributed by atoms with Crippen molar-refractivity contribution in [2.24, 2.45) is 0 Å². The second-order valence-electron chi connectivity index (χ2n) is 11.1. The zero-order valence-corrected chi connectivity index (χ0v) is 26.2. The van der Waals surface area contributed by atoms with Crippen LogP contribution in [0.1, 0.15) is 58.4 Å². The fraction of sp³-hybridized carbons (Fsp3) is 0.250. The topological polar surface area (TPSA) is 149 Å². The van der Waals surface area contributed by atoms with Crippen molar-refractivity contribution in [3.63, 3.8) is 0 Å². The van der Waals surface area contributed by atoms with Crippen molar-refractivity contribution in [1.82, 2.24) is 9.97 Å². The Morgan fingerprint density at radius 1 is 0.886 bits per heavy atom. The third-order valence-electron chi connectivity index (χ3n) is 6.51. The quantitative estimate of drug-likeness (QED) is 0.210. The smallest absolute Gasteiger partial charge is 0.259 e. The van der Waals surface area contributed by atoms with Crippen LogP contribution in [0.5, 0.6) is 11.5 Å². The molecule has 44 heavy (non-hydrogen) atoms. The van der Waals surface area contributed by atoms with Crippen molar-refractivity contribution < 1.29 is 27.5 Å². The van der Waals surface area contributed by atoms with Gasteiger partial charge in [-0.1, -0.05) is 26.8 Å². The van der Waals surface area contributed by atoms with E-state index in [4.69, 9.17) is 9.47 Å². The summed E-state index contributed by atoms with van der Waals surface area (Å²) in [7, 11) is -2.31. The highest BCUT2D eigenvalue weighted by molar-refractivity contribution is 7.92. The normalized spacial score (nSPS) is 11.4. The lowest BCUT2D eigenvalue weighted by Crippen LogP contribution is -2.20. The lowest BCUT2D eigenvalue weighted by Gasteiger charge is -2.23. The number of carbonyl (C=O) groups excluding carboxylic acids is 2. The van der Waals surface area contributed by atoms with Gasteiger partial charge < -0.3 is 20.1 Å². The van der Waals surface area contributed by atoms with E-state index in [1.165, 1.54) is 19.4 Å². The van der Waals surface area contributed by atoms with Crippen molar-refractivity contribution in [3.8, 4) is 11.5 Å². The van der Waals surface area contributed by atoms with Gasteiger partial charge >= 0.3 is 0 Å². The number of anilines is 3. The number of benzene rings is 2. The van der Waals surface area contributed by atoms with E-state index in [9.17, 15) is 18.0 Å². The highest BCUT2D eigenvalue weighted by Gasteiger charge is 2.25. The molecular weight excluding hydrogens is 582 g/mol. The van der Waals surface area contributed by atoms with Gasteiger partial charge in [0.1, 0.15) is 12.4 Å². The maximum absolute atomic E-state index is 13.5. The number of nitrogens with zero attached hydrogens (tertiary/aromatic N) is 2. The summed E-state index contributed by atoms with van der Waals surface area (Å²) in [5.74, 6) is -0.300. The Hall–Kier alpha value is -4.97. The van der Waals surface area contributed by atoms with E-state index in [1.807, 2.05) is 39.0 Å². The number of nitrogens with one attached hydrogen (secondary N) is 3. The van der Waals surface area contributed by atoms with Gasteiger partial charge in [0.25, 0.3) is 11.8 Å². The summed E-state index contributed by atoms with van der Waals surface area (Å²) in [6, 6.07) is 17.3. The second-order valence-corrected chi connectivity index (χ2v) is 12.9. The van der Waals surface area contributed by atoms with E-state index in [0.29, 0.717) is 29.3 Å². The van der Waals surface area contributed by atoms with Gasteiger partial charge in [-0.15, -0.1) is 0 Å². The summed E-state index contributed by atoms with van der Waals surface area (Å²) in [5, 5.41) is 5.60. The molecule has 0 unspecified atom stereocenters. The van der Waals surface area contributed by atoms with Gasteiger partial charge in [-0.05, 0) is 72.5 Å². The number of hydrogen-bond donors (Lipinski definition) is 3. The summed E-state index contributed by atoms with van der Waals surface area (Å²) < 4.78 is 37.7. The van der Waals surface area contributed by atoms with Crippen LogP contribution in [-0.4, -0.2) is 43.6 Å². The Morgan fingerprint density at radius 2 is 1.57 bits per heavy atom. The van der Waals surface area contributed by atoms with Gasteiger partial charge in [-0.2, -0.15) is 0 Å². The number of ether oxygens (including phenoxy) is 2. The lowest BCUT2D eigenvalue weighted by molar-refractivity contribution is 0.101. The molecule has 0 radical (unpaired) electrons. The van der Waals surface area contributed by atoms with Crippen molar-refractivity contribution in [1.29, 1.82) is 0 Å². The predicted octanol–water partition coefficient (Wildman–Crippen LogP) is 5.55. The van der Waals surface area contributed by atoms with Crippen molar-refractivity contribution in [3.05, 3.63) is 101 Å². The fourth-order valence-electron chi connectivity index (χ4n) is 4.23. The Kier molecular flexibility index (Phi) is 9.53. The fourth-order valence-corrected chi connectivity index (χ4v) is 4.78. The van der Waals surface area contributed by atoms with Crippen molar-refractivity contribution in [2.75, 3.05) is 28.7 Å². The van der Waals surface area contributed by atoms with E-state index in [1.54, 1.807) is 49.5 Å². The molecule has 2 heterocycles. The molecular formula is C32H35N5O6S. The molecule has 0 atom stereocenters. The molecule has 0 fully saturated rings. The zero-order valence-electron chi connectivity index (χ0n) is 25.4. The van der Waals surface area contributed by atoms with E-state index >= 15 is 0 Å². The Morgan fingerprint density at radius 3 is 2.18 bits per heavy atom. The standard InChI is InChI=1S/C32H35N5O6S/c1-20-26(30(38)35-22-10-12-25(13-11-22)43-19-23-9-7-8-14-33-23)17-24(18-34-20)36-31(39)27-15-21(32(2,3)4)16-28(29(27)42-5)37-44(6,40)41/h7-18,37H,19H2,1-6H3,(H,35,38)(H,36,39). The summed E-state index contributed by atoms with van der Waals surface area (Å²) in [5.41, 5.74) is 2.89. The molecule has 2 amide bonds. The van der Waals surface area contributed by atoms with Crippen LogP contribution in [0.25, 0.3) is 0 Å². The molecule has 0 aliphatic heterocycles. The number of sulfonamides is 1. The molecule has 11 nitrogen and oxygen atoms in total. The molecule has 0 aliphatic rings. The Labute approximate surface area is 257 Å². The summed E-state index contributed by atoms with van der Waals surface area (Å²) in [6.45, 7) is 7.83. The maximum Gasteiger partial charge on any atom is 0.259 e. The average Bonchev–Trinajstić information content (AvgIpc) is 2.96. The van der Waals surface area contributed by atoms with Gasteiger partial charge in [0, 0.05) is 11.9 Å². The minimum atomic E-state index is -3.66. The number of aromatic nitrogens is 2. The number of methoxy groups -OCH3 is 1. The van der Waals surface area contributed by atoms with Crippen molar-refractivity contribution in [2.45, 2.75) is 39.7 Å². The zero-order chi connectivity index (χ0) is 32.1. The van der Waals surface area contributed by atoms with E-state index in [0.717, 1.165) is 11.9 Å². The van der Waals surface area contributed by atoms with E-state index in [2.05, 4.69) is 25.3 Å². The lowest BCUT2D eigenvalue weighted by atomic mass is 9.85. The molecule has 0 spiro atoms. The number of aryl methyl sites for hydroxylation is 1. The Balaban J connectivity index is 1.52. The van der Waals surface area contributed by atoms with Gasteiger partial charge in [-0.3, -0.25) is 24.3 Å². The van der Waals surface area contributed by atoms with E-state index in [-0.39, 0.29) is 28.3 Å². The predicted molar refractivity (Wildman–Crippen MR) is 170 cm³/mol. The first-order valence-electron chi connectivity index (χ1n) is 13.7. The van der Waals surface area contributed by atoms with Crippen LogP contribution in [0.3, 0.4) is 0 Å². The number of carbonyl (C=O) groups is 2. The molecule has 0 saturated heterocycles. The largest absolute Gasteiger partial charge is 0.494 e. The molecule has 2 aromatic heterocycles. The highest BCUT2D eigenvalue weighted by Crippen LogP contribution is 2.36. The highest BCUT2D eigenvalue weighted by atomic mass is 32.2. The summed E-state index contributed by atoms with van der Waals surface area (Å²) >= 11 is 0. The minimum Gasteiger partial charge on any atom is -0.494 e. The molecule has 4 aromatic rings. The van der Waals surface area contributed by atoms with Crippen LogP contribution in [-0.2, 0) is 22.0 Å². The second kappa shape index (κ2) is 13.1. The number of pyridine rings is 2. The third-order valence-corrected chi connectivity index (χ3v) is 7.10. The van der Waals surface area contributed by atoms with Crippen LogP contribution >= 0.6 is 0 Å². The minimum absolute atomic E-state index is 0.0615. The molecule has 0 saturated carbocycles. The molecule has 12 heteroatoms. The number of rotatable bonds is 10. The van der Waals surface area contributed by atoms with Gasteiger partial charge in [0.15, 0.2) is 5.75 Å². The molecule has 4 rings (SSSR count). The van der Waals surface area contributed by atoms with Crippen LogP contribution in [0, 0.1) is 6.92 Å². The average molecular weight is 618 g/mol. The van der Waals surface area contributed by atoms with Gasteiger partial charge in [-0.25, -0.2) is 8.42 Å². The molecule has 3 N–H and O–H groups in total. The van der Waals surface area contributed by atoms with Crippen LogP contribution in [0.2, 0.25) is 0 Å². The van der Waals surface area contributed by atoms with Gasteiger partial charge in [0.2, 0.25) is 10.0 Å². The molecule has 230 valence electrons. The SMILES string of the molecule is COc1c(NS(C)(=O)=O)cc(C(C)(C)C)cc1C(=O)Nc1cnc(C)c(C(=O)Nc2ccc(OCc3ccccn3)cc2)c1. The first kappa shape index (κ1) is 32.0. The van der Waals surface area contributed by atoms with Crippen molar-refractivity contribution >= 4 is 38.9 Å². The summed E-state index contributed by atoms with van der Waals surface area (Å²) in [4.78, 5) is 35.2. The van der Waals surface area contributed by atoms with Gasteiger partial charge in [0.05, 0.1) is 53.5 Å². The van der Waals surface area contributed by atoms with E-state index < -0.39 is 27.3 Å². The first-order valence-corrected chi connectivity index (χ1v) is 15.5. The molecule has 2 aromatic carbocycles. The van der Waals surface area contributed by atoms with Crippen LogP contribution < -0.4 is 24.8 Å². The number of amides is 2. The van der Waals surface area contributed by atoms with Crippen LogP contribution in [0.4, 0.5) is 17.1 Å². The molecule has 0 bridgehead atoms. The maximum atomic E-state index is 13.5. The monoisotopic (exact) mass is 617 g/mol. The Bertz CT molecular complexity index is 1770. The number of hydrogen-bond acceptors (Lipinski definition) is 8. The van der Waals surface area contributed by atoms with Crippen LogP contribution in [0.15, 0.2) is 73.1 Å². The summed E-state index contributed by atoms with van der Waals surface area (Å²) in [6.07, 6.45) is 4.16. The third kappa shape index (κ3) is 8.32. The first-order chi connectivity index (χ1) is 20.7. The molecule has 0 aliphatic carbocycles.